The minimum atomic E-state index is 0.469. The summed E-state index contributed by atoms with van der Waals surface area (Å²) in [5.41, 5.74) is 1.99. The first-order chi connectivity index (χ1) is 8.58. The normalized spacial score (nSPS) is 9.89. The molecule has 0 radical (unpaired) electrons. The molecule has 0 aliphatic rings. The van der Waals surface area contributed by atoms with Crippen molar-refractivity contribution in [2.45, 2.75) is 6.92 Å². The molecule has 1 aromatic heterocycles. The van der Waals surface area contributed by atoms with Gasteiger partial charge in [-0.1, -0.05) is 23.2 Å². The maximum Gasteiger partial charge on any atom is 0.148 e. The molecular formula is C13H9Cl2N3. The third-order valence-electron chi connectivity index (χ3n) is 2.28. The van der Waals surface area contributed by atoms with E-state index < -0.39 is 0 Å². The largest absolute Gasteiger partial charge is 0.339 e. The summed E-state index contributed by atoms with van der Waals surface area (Å²) in [6, 6.07) is 10.7. The SMILES string of the molecule is Cc1ccc(C#N)c(Nc2cc(Cl)cc(Cl)c2)n1. The zero-order valence-electron chi connectivity index (χ0n) is 9.54. The fourth-order valence-electron chi connectivity index (χ4n) is 1.50. The molecular weight excluding hydrogens is 269 g/mol. The third kappa shape index (κ3) is 2.92. The van der Waals surface area contributed by atoms with Gasteiger partial charge in [0.25, 0.3) is 0 Å². The fraction of sp³-hybridized carbons (Fsp3) is 0.0769. The number of nitriles is 1. The number of nitrogens with zero attached hydrogens (tertiary/aromatic N) is 2. The number of aryl methyl sites for hydroxylation is 1. The molecule has 90 valence electrons. The van der Waals surface area contributed by atoms with E-state index in [-0.39, 0.29) is 0 Å². The Balaban J connectivity index is 2.39. The zero-order valence-corrected chi connectivity index (χ0v) is 11.0. The highest BCUT2D eigenvalue weighted by Gasteiger charge is 2.05. The Hall–Kier alpha value is -1.76. The molecule has 0 spiro atoms. The van der Waals surface area contributed by atoms with E-state index in [4.69, 9.17) is 28.5 Å². The summed E-state index contributed by atoms with van der Waals surface area (Å²) in [6.45, 7) is 1.86. The third-order valence-corrected chi connectivity index (χ3v) is 2.72. The van der Waals surface area contributed by atoms with Gasteiger partial charge in [-0.25, -0.2) is 4.98 Å². The van der Waals surface area contributed by atoms with Crippen molar-refractivity contribution in [2.24, 2.45) is 0 Å². The predicted molar refractivity (Wildman–Crippen MR) is 73.4 cm³/mol. The highest BCUT2D eigenvalue weighted by atomic mass is 35.5. The smallest absolute Gasteiger partial charge is 0.148 e. The van der Waals surface area contributed by atoms with E-state index in [1.54, 1.807) is 30.3 Å². The highest BCUT2D eigenvalue weighted by molar-refractivity contribution is 6.35. The van der Waals surface area contributed by atoms with Crippen molar-refractivity contribution in [1.82, 2.24) is 4.98 Å². The number of hydrogen-bond donors (Lipinski definition) is 1. The number of anilines is 2. The molecule has 0 saturated carbocycles. The van der Waals surface area contributed by atoms with Gasteiger partial charge in [-0.3, -0.25) is 0 Å². The van der Waals surface area contributed by atoms with Gasteiger partial charge in [-0.15, -0.1) is 0 Å². The first-order valence-corrected chi connectivity index (χ1v) is 5.95. The second-order valence-corrected chi connectivity index (χ2v) is 4.62. The van der Waals surface area contributed by atoms with Crippen molar-refractivity contribution in [3.05, 3.63) is 51.6 Å². The number of benzene rings is 1. The summed E-state index contributed by atoms with van der Waals surface area (Å²) >= 11 is 11.8. The molecule has 0 fully saturated rings. The van der Waals surface area contributed by atoms with Crippen molar-refractivity contribution in [1.29, 1.82) is 5.26 Å². The van der Waals surface area contributed by atoms with Crippen LogP contribution in [0.4, 0.5) is 11.5 Å². The molecule has 0 aliphatic carbocycles. The molecule has 3 nitrogen and oxygen atoms in total. The molecule has 0 amide bonds. The van der Waals surface area contributed by atoms with E-state index in [1.165, 1.54) is 0 Å². The van der Waals surface area contributed by atoms with E-state index in [0.717, 1.165) is 5.69 Å². The molecule has 0 saturated heterocycles. The van der Waals surface area contributed by atoms with E-state index in [2.05, 4.69) is 16.4 Å². The van der Waals surface area contributed by atoms with Gasteiger partial charge in [0, 0.05) is 21.4 Å². The molecule has 1 N–H and O–H groups in total. The lowest BCUT2D eigenvalue weighted by molar-refractivity contribution is 1.19. The summed E-state index contributed by atoms with van der Waals surface area (Å²) in [5.74, 6) is 0.496. The molecule has 1 heterocycles. The average molecular weight is 278 g/mol. The Morgan fingerprint density at radius 2 is 1.83 bits per heavy atom. The van der Waals surface area contributed by atoms with Crippen molar-refractivity contribution in [2.75, 3.05) is 5.32 Å². The van der Waals surface area contributed by atoms with Gasteiger partial charge < -0.3 is 5.32 Å². The summed E-state index contributed by atoms with van der Waals surface area (Å²) in [5, 5.41) is 13.1. The number of rotatable bonds is 2. The second kappa shape index (κ2) is 5.26. The summed E-state index contributed by atoms with van der Waals surface area (Å²) in [7, 11) is 0. The maximum absolute atomic E-state index is 9.01. The summed E-state index contributed by atoms with van der Waals surface area (Å²) in [4.78, 5) is 4.28. The van der Waals surface area contributed by atoms with Gasteiger partial charge in [0.1, 0.15) is 11.9 Å². The molecule has 1 aromatic carbocycles. The van der Waals surface area contributed by atoms with Crippen LogP contribution in [0.25, 0.3) is 0 Å². The van der Waals surface area contributed by atoms with Crippen molar-refractivity contribution >= 4 is 34.7 Å². The van der Waals surface area contributed by atoms with Gasteiger partial charge in [0.2, 0.25) is 0 Å². The summed E-state index contributed by atoms with van der Waals surface area (Å²) < 4.78 is 0. The van der Waals surface area contributed by atoms with Crippen LogP contribution < -0.4 is 5.32 Å². The molecule has 2 aromatic rings. The van der Waals surface area contributed by atoms with Gasteiger partial charge >= 0.3 is 0 Å². The lowest BCUT2D eigenvalue weighted by atomic mass is 10.2. The van der Waals surface area contributed by atoms with E-state index in [1.807, 2.05) is 6.92 Å². The van der Waals surface area contributed by atoms with Crippen LogP contribution in [0.5, 0.6) is 0 Å². The Labute approximate surface area is 115 Å². The molecule has 18 heavy (non-hydrogen) atoms. The Morgan fingerprint density at radius 1 is 1.17 bits per heavy atom. The van der Waals surface area contributed by atoms with E-state index in [9.17, 15) is 0 Å². The molecule has 0 bridgehead atoms. The fourth-order valence-corrected chi connectivity index (χ4v) is 2.03. The second-order valence-electron chi connectivity index (χ2n) is 3.74. The van der Waals surface area contributed by atoms with Crippen LogP contribution in [0.1, 0.15) is 11.3 Å². The number of hydrogen-bond acceptors (Lipinski definition) is 3. The van der Waals surface area contributed by atoms with Crippen molar-refractivity contribution in [3.63, 3.8) is 0 Å². The first-order valence-electron chi connectivity index (χ1n) is 5.19. The molecule has 0 unspecified atom stereocenters. The minimum absolute atomic E-state index is 0.469. The Bertz CT molecular complexity index is 612. The lowest BCUT2D eigenvalue weighted by Crippen LogP contribution is -1.98. The number of nitrogens with one attached hydrogen (secondary N) is 1. The Kier molecular flexibility index (Phi) is 3.71. The van der Waals surface area contributed by atoms with Gasteiger partial charge in [-0.2, -0.15) is 5.26 Å². The quantitative estimate of drug-likeness (QED) is 0.890. The molecule has 2 rings (SSSR count). The van der Waals surface area contributed by atoms with Crippen LogP contribution in [-0.4, -0.2) is 4.98 Å². The van der Waals surface area contributed by atoms with Crippen LogP contribution in [0.3, 0.4) is 0 Å². The van der Waals surface area contributed by atoms with E-state index >= 15 is 0 Å². The molecule has 0 aliphatic heterocycles. The first kappa shape index (κ1) is 12.7. The van der Waals surface area contributed by atoms with Gasteiger partial charge in [-0.05, 0) is 37.3 Å². The van der Waals surface area contributed by atoms with Crippen LogP contribution in [0, 0.1) is 18.3 Å². The zero-order chi connectivity index (χ0) is 13.1. The van der Waals surface area contributed by atoms with Crippen LogP contribution >= 0.6 is 23.2 Å². The minimum Gasteiger partial charge on any atom is -0.339 e. The maximum atomic E-state index is 9.01. The molecule has 0 atom stereocenters. The lowest BCUT2D eigenvalue weighted by Gasteiger charge is -2.08. The highest BCUT2D eigenvalue weighted by Crippen LogP contribution is 2.25. The van der Waals surface area contributed by atoms with Crippen LogP contribution in [0.15, 0.2) is 30.3 Å². The Morgan fingerprint density at radius 3 is 2.44 bits per heavy atom. The number of aromatic nitrogens is 1. The standard InChI is InChI=1S/C13H9Cl2N3/c1-8-2-3-9(7-16)13(17-8)18-12-5-10(14)4-11(15)6-12/h2-6H,1H3,(H,17,18). The number of halogens is 2. The van der Waals surface area contributed by atoms with Crippen LogP contribution in [-0.2, 0) is 0 Å². The summed E-state index contributed by atoms with van der Waals surface area (Å²) in [6.07, 6.45) is 0. The number of pyridine rings is 1. The van der Waals surface area contributed by atoms with Gasteiger partial charge in [0.15, 0.2) is 0 Å². The monoisotopic (exact) mass is 277 g/mol. The molecule has 5 heteroatoms. The van der Waals surface area contributed by atoms with E-state index in [0.29, 0.717) is 27.1 Å². The topological polar surface area (TPSA) is 48.7 Å². The van der Waals surface area contributed by atoms with Crippen molar-refractivity contribution in [3.8, 4) is 6.07 Å². The van der Waals surface area contributed by atoms with Crippen LogP contribution in [0.2, 0.25) is 10.0 Å². The predicted octanol–water partition coefficient (Wildman–Crippen LogP) is 4.31. The van der Waals surface area contributed by atoms with Gasteiger partial charge in [0.05, 0.1) is 5.56 Å². The average Bonchev–Trinajstić information content (AvgIpc) is 2.27. The van der Waals surface area contributed by atoms with Crippen molar-refractivity contribution < 1.29 is 0 Å².